The Morgan fingerprint density at radius 3 is 2.79 bits per heavy atom. The Morgan fingerprint density at radius 1 is 1.24 bits per heavy atom. The van der Waals surface area contributed by atoms with Crippen molar-refractivity contribution in [2.24, 2.45) is 0 Å². The summed E-state index contributed by atoms with van der Waals surface area (Å²) in [6, 6.07) is 5.06. The van der Waals surface area contributed by atoms with Crippen molar-refractivity contribution in [3.05, 3.63) is 53.9 Å². The van der Waals surface area contributed by atoms with Gasteiger partial charge in [0, 0.05) is 44.2 Å². The number of methoxy groups -OCH3 is 1. The number of hydrogen-bond acceptors (Lipinski definition) is 7. The molecule has 1 spiro atoms. The Balaban J connectivity index is 1.33. The zero-order valence-corrected chi connectivity index (χ0v) is 19.4. The van der Waals surface area contributed by atoms with Crippen LogP contribution in [0.25, 0.3) is 11.4 Å². The molecule has 5 rings (SSSR count). The third kappa shape index (κ3) is 3.89. The Kier molecular flexibility index (Phi) is 5.51. The first-order valence-corrected chi connectivity index (χ1v) is 11.2. The lowest BCUT2D eigenvalue weighted by molar-refractivity contribution is 0.213. The van der Waals surface area contributed by atoms with Crippen molar-refractivity contribution < 1.29 is 13.9 Å². The van der Waals surface area contributed by atoms with Crippen molar-refractivity contribution in [3.8, 4) is 17.3 Å². The van der Waals surface area contributed by atoms with E-state index in [0.29, 0.717) is 18.9 Å². The van der Waals surface area contributed by atoms with Gasteiger partial charge in [-0.25, -0.2) is 29.1 Å². The first kappa shape index (κ1) is 22.0. The number of nitrogens with one attached hydrogen (secondary N) is 1. The van der Waals surface area contributed by atoms with Crippen LogP contribution in [0, 0.1) is 12.7 Å². The van der Waals surface area contributed by atoms with E-state index >= 15 is 0 Å². The number of carbonyl (C=O) groups is 1. The van der Waals surface area contributed by atoms with Crippen LogP contribution in [-0.2, 0) is 6.42 Å². The van der Waals surface area contributed by atoms with Crippen molar-refractivity contribution >= 4 is 17.5 Å². The average molecular weight is 464 g/mol. The van der Waals surface area contributed by atoms with Gasteiger partial charge in [0.15, 0.2) is 11.6 Å². The van der Waals surface area contributed by atoms with E-state index in [2.05, 4.69) is 26.3 Å². The number of aryl methyl sites for hydroxylation is 2. The van der Waals surface area contributed by atoms with Gasteiger partial charge in [0.2, 0.25) is 5.88 Å². The number of amides is 2. The molecule has 3 aromatic rings. The number of halogens is 1. The number of fused-ring (bicyclic) bond motifs is 1. The third-order valence-electron chi connectivity index (χ3n) is 6.65. The number of likely N-dealkylation sites (tertiary alicyclic amines) is 1. The summed E-state index contributed by atoms with van der Waals surface area (Å²) in [5, 5.41) is 3.62. The minimum atomic E-state index is -0.576. The van der Waals surface area contributed by atoms with Crippen LogP contribution in [0.15, 0.2) is 36.8 Å². The zero-order valence-electron chi connectivity index (χ0n) is 19.4. The fraction of sp³-hybridized carbons (Fsp3) is 0.375. The lowest BCUT2D eigenvalue weighted by Crippen LogP contribution is -2.47. The highest BCUT2D eigenvalue weighted by atomic mass is 19.1. The molecule has 5 heterocycles. The van der Waals surface area contributed by atoms with E-state index in [1.165, 1.54) is 18.1 Å². The van der Waals surface area contributed by atoms with Crippen LogP contribution in [-0.4, -0.2) is 63.7 Å². The maximum atomic E-state index is 14.4. The number of carbonyl (C=O) groups excluding carboxylic acids is 1. The molecule has 2 aliphatic rings. The van der Waals surface area contributed by atoms with Crippen LogP contribution in [0.3, 0.4) is 0 Å². The summed E-state index contributed by atoms with van der Waals surface area (Å²) >= 11 is 0. The lowest BCUT2D eigenvalue weighted by atomic mass is 9.86. The van der Waals surface area contributed by atoms with E-state index < -0.39 is 5.82 Å². The number of rotatable bonds is 3. The predicted octanol–water partition coefficient (Wildman–Crippen LogP) is 3.45. The van der Waals surface area contributed by atoms with Crippen molar-refractivity contribution in [2.45, 2.75) is 31.7 Å². The molecule has 1 N–H and O–H groups in total. The van der Waals surface area contributed by atoms with E-state index in [1.807, 2.05) is 6.92 Å². The molecule has 1 atom stereocenters. The first-order valence-electron chi connectivity index (χ1n) is 11.2. The average Bonchev–Trinajstić information content (AvgIpc) is 3.26. The largest absolute Gasteiger partial charge is 0.481 e. The van der Waals surface area contributed by atoms with E-state index in [0.717, 1.165) is 48.1 Å². The summed E-state index contributed by atoms with van der Waals surface area (Å²) in [5.41, 5.74) is 2.76. The minimum Gasteiger partial charge on any atom is -0.481 e. The summed E-state index contributed by atoms with van der Waals surface area (Å²) in [5.74, 6) is 1.18. The van der Waals surface area contributed by atoms with E-state index in [4.69, 9.17) is 9.72 Å². The quantitative estimate of drug-likeness (QED) is 0.636. The molecule has 0 saturated carbocycles. The van der Waals surface area contributed by atoms with Crippen molar-refractivity contribution in [3.63, 3.8) is 0 Å². The number of aromatic nitrogens is 4. The Morgan fingerprint density at radius 2 is 2.03 bits per heavy atom. The molecule has 2 amide bonds. The molecule has 1 saturated heterocycles. The van der Waals surface area contributed by atoms with Crippen LogP contribution in [0.4, 0.5) is 20.7 Å². The van der Waals surface area contributed by atoms with Gasteiger partial charge in [-0.2, -0.15) is 0 Å². The lowest BCUT2D eigenvalue weighted by Gasteiger charge is -2.36. The third-order valence-corrected chi connectivity index (χ3v) is 6.65. The number of urea groups is 1. The predicted molar refractivity (Wildman–Crippen MR) is 125 cm³/mol. The van der Waals surface area contributed by atoms with Crippen molar-refractivity contribution in [1.82, 2.24) is 24.8 Å². The van der Waals surface area contributed by atoms with Gasteiger partial charge in [-0.3, -0.25) is 4.90 Å². The number of ether oxygens (including phenoxy) is 1. The molecule has 2 aliphatic heterocycles. The molecule has 0 aliphatic carbocycles. The first-order chi connectivity index (χ1) is 16.4. The molecular formula is C24H26FN7O2. The number of hydrogen-bond donors (Lipinski definition) is 1. The Bertz CT molecular complexity index is 1240. The SMILES string of the molecule is COc1cc(N(C)C(=O)N2CCC3(CCc4cc(-c5ncccn5)c(C)nc4N3)C2)c(F)cn1. The minimum absolute atomic E-state index is 0.132. The maximum absolute atomic E-state index is 14.4. The highest BCUT2D eigenvalue weighted by molar-refractivity contribution is 5.92. The fourth-order valence-electron chi connectivity index (χ4n) is 4.73. The van der Waals surface area contributed by atoms with Gasteiger partial charge in [-0.05, 0) is 43.9 Å². The van der Waals surface area contributed by atoms with Crippen LogP contribution >= 0.6 is 0 Å². The second-order valence-electron chi connectivity index (χ2n) is 8.80. The summed E-state index contributed by atoms with van der Waals surface area (Å²) in [6.45, 7) is 3.04. The summed E-state index contributed by atoms with van der Waals surface area (Å²) in [7, 11) is 3.01. The van der Waals surface area contributed by atoms with Crippen LogP contribution in [0.5, 0.6) is 5.88 Å². The number of pyridine rings is 2. The number of anilines is 2. The Hall–Kier alpha value is -3.82. The molecule has 34 heavy (non-hydrogen) atoms. The molecular weight excluding hydrogens is 437 g/mol. The van der Waals surface area contributed by atoms with Crippen LogP contribution in [0.2, 0.25) is 0 Å². The monoisotopic (exact) mass is 463 g/mol. The molecule has 1 fully saturated rings. The highest BCUT2D eigenvalue weighted by Crippen LogP contribution is 2.38. The second kappa shape index (κ2) is 8.51. The second-order valence-corrected chi connectivity index (χ2v) is 8.80. The normalized spacial score (nSPS) is 19.0. The van der Waals surface area contributed by atoms with Gasteiger partial charge >= 0.3 is 6.03 Å². The highest BCUT2D eigenvalue weighted by Gasteiger charge is 2.43. The van der Waals surface area contributed by atoms with Gasteiger partial charge in [-0.1, -0.05) is 0 Å². The standard InChI is InChI=1S/C24H26FN7O2/c1-15-17(22-26-8-4-9-27-22)11-16-5-6-24(30-21(16)29-15)7-10-32(14-24)23(33)31(2)19-12-20(34-3)28-13-18(19)25/h4,8-9,11-13H,5-7,10,14H2,1-3H3,(H,29,30). The molecule has 3 aromatic heterocycles. The van der Waals surface area contributed by atoms with Gasteiger partial charge in [0.1, 0.15) is 5.82 Å². The van der Waals surface area contributed by atoms with E-state index in [9.17, 15) is 9.18 Å². The van der Waals surface area contributed by atoms with E-state index in [-0.39, 0.29) is 23.1 Å². The molecule has 9 nitrogen and oxygen atoms in total. The van der Waals surface area contributed by atoms with Crippen LogP contribution in [0.1, 0.15) is 24.1 Å². The summed E-state index contributed by atoms with van der Waals surface area (Å²) in [6.07, 6.45) is 7.01. The summed E-state index contributed by atoms with van der Waals surface area (Å²) < 4.78 is 19.4. The van der Waals surface area contributed by atoms with Gasteiger partial charge in [-0.15, -0.1) is 0 Å². The molecule has 0 radical (unpaired) electrons. The van der Waals surface area contributed by atoms with Gasteiger partial charge in [0.25, 0.3) is 0 Å². The summed E-state index contributed by atoms with van der Waals surface area (Å²) in [4.78, 5) is 33.6. The Labute approximate surface area is 197 Å². The zero-order chi connectivity index (χ0) is 23.9. The fourth-order valence-corrected chi connectivity index (χ4v) is 4.73. The van der Waals surface area contributed by atoms with Crippen LogP contribution < -0.4 is 15.0 Å². The van der Waals surface area contributed by atoms with Crippen molar-refractivity contribution in [2.75, 3.05) is 37.5 Å². The van der Waals surface area contributed by atoms with Gasteiger partial charge in [0.05, 0.1) is 30.2 Å². The molecule has 10 heteroatoms. The van der Waals surface area contributed by atoms with Crippen molar-refractivity contribution in [1.29, 1.82) is 0 Å². The molecule has 0 bridgehead atoms. The number of nitrogens with zero attached hydrogens (tertiary/aromatic N) is 6. The molecule has 1 unspecified atom stereocenters. The smallest absolute Gasteiger partial charge is 0.324 e. The molecule has 176 valence electrons. The van der Waals surface area contributed by atoms with E-state index in [1.54, 1.807) is 30.4 Å². The topological polar surface area (TPSA) is 96.4 Å². The molecule has 0 aromatic carbocycles. The van der Waals surface area contributed by atoms with Gasteiger partial charge < -0.3 is 15.0 Å². The maximum Gasteiger partial charge on any atom is 0.324 e.